The third-order valence-corrected chi connectivity index (χ3v) is 5.92. The summed E-state index contributed by atoms with van der Waals surface area (Å²) in [6.07, 6.45) is 2.31. The van der Waals surface area contributed by atoms with E-state index < -0.39 is 5.54 Å². The van der Waals surface area contributed by atoms with Crippen LogP contribution in [0.5, 0.6) is 0 Å². The lowest BCUT2D eigenvalue weighted by molar-refractivity contribution is -0.130. The highest BCUT2D eigenvalue weighted by molar-refractivity contribution is 14.0. The van der Waals surface area contributed by atoms with Crippen LogP contribution in [0.4, 0.5) is 4.79 Å². The summed E-state index contributed by atoms with van der Waals surface area (Å²) in [5, 5.41) is 9.28. The first-order valence-corrected chi connectivity index (χ1v) is 10.5. The molecular formula is C19H32IN5O2S. The molecule has 7 nitrogen and oxygen atoms in total. The minimum absolute atomic E-state index is 0. The van der Waals surface area contributed by atoms with E-state index in [1.54, 1.807) is 18.3 Å². The van der Waals surface area contributed by atoms with Gasteiger partial charge in [-0.05, 0) is 45.2 Å². The van der Waals surface area contributed by atoms with Crippen molar-refractivity contribution < 1.29 is 9.59 Å². The molecule has 0 aliphatic carbocycles. The zero-order valence-corrected chi connectivity index (χ0v) is 20.3. The second kappa shape index (κ2) is 11.6. The second-order valence-corrected chi connectivity index (χ2v) is 8.02. The lowest BCUT2D eigenvalue weighted by Gasteiger charge is -2.19. The van der Waals surface area contributed by atoms with Gasteiger partial charge in [0.1, 0.15) is 5.54 Å². The Bertz CT molecular complexity index is 694. The Kier molecular flexibility index (Phi) is 10.2. The molecule has 1 aromatic rings. The molecule has 1 aliphatic rings. The van der Waals surface area contributed by atoms with Crippen LogP contribution in [0.25, 0.3) is 0 Å². The Morgan fingerprint density at radius 2 is 1.93 bits per heavy atom. The SMILES string of the molecule is CCNC(=NCc1ccc(CC)s1)NCCCN1C(=O)NC(C)(CC)C1=O.I. The van der Waals surface area contributed by atoms with Gasteiger partial charge in [-0.3, -0.25) is 9.69 Å². The Labute approximate surface area is 188 Å². The number of amides is 3. The lowest BCUT2D eigenvalue weighted by Crippen LogP contribution is -2.43. The molecule has 3 amide bonds. The predicted octanol–water partition coefficient (Wildman–Crippen LogP) is 3.09. The van der Waals surface area contributed by atoms with Crippen LogP contribution in [0, 0.1) is 0 Å². The summed E-state index contributed by atoms with van der Waals surface area (Å²) in [7, 11) is 0. The van der Waals surface area contributed by atoms with Gasteiger partial charge in [0.2, 0.25) is 0 Å². The van der Waals surface area contributed by atoms with E-state index in [1.807, 2.05) is 13.8 Å². The quantitative estimate of drug-likeness (QED) is 0.153. The maximum atomic E-state index is 12.4. The fourth-order valence-corrected chi connectivity index (χ4v) is 3.71. The molecule has 1 aliphatic heterocycles. The van der Waals surface area contributed by atoms with E-state index in [9.17, 15) is 9.59 Å². The first-order valence-electron chi connectivity index (χ1n) is 9.67. The van der Waals surface area contributed by atoms with Gasteiger partial charge in [0, 0.05) is 29.4 Å². The molecule has 9 heteroatoms. The highest BCUT2D eigenvalue weighted by Gasteiger charge is 2.45. The number of carbonyl (C=O) groups is 2. The van der Waals surface area contributed by atoms with Crippen LogP contribution in [-0.4, -0.2) is 48.0 Å². The minimum atomic E-state index is -0.765. The first-order chi connectivity index (χ1) is 12.9. The number of carbonyl (C=O) groups excluding carboxylic acids is 2. The smallest absolute Gasteiger partial charge is 0.325 e. The van der Waals surface area contributed by atoms with Crippen molar-refractivity contribution >= 4 is 53.2 Å². The molecule has 0 saturated carbocycles. The van der Waals surface area contributed by atoms with Gasteiger partial charge in [0.15, 0.2) is 5.96 Å². The summed E-state index contributed by atoms with van der Waals surface area (Å²) in [6.45, 7) is 10.3. The third-order valence-electron chi connectivity index (χ3n) is 4.71. The molecule has 0 radical (unpaired) electrons. The summed E-state index contributed by atoms with van der Waals surface area (Å²) in [5.74, 6) is 0.611. The van der Waals surface area contributed by atoms with Crippen molar-refractivity contribution in [3.05, 3.63) is 21.9 Å². The van der Waals surface area contributed by atoms with E-state index >= 15 is 0 Å². The van der Waals surface area contributed by atoms with E-state index in [0.29, 0.717) is 32.5 Å². The highest BCUT2D eigenvalue weighted by Crippen LogP contribution is 2.20. The van der Waals surface area contributed by atoms with Gasteiger partial charge in [-0.2, -0.15) is 0 Å². The number of guanidine groups is 1. The standard InChI is InChI=1S/C19H31N5O2S.HI/c1-5-14-9-10-15(27-14)13-22-17(20-7-3)21-11-8-12-24-16(25)19(4,6-2)23-18(24)26;/h9-10H,5-8,11-13H2,1-4H3,(H,23,26)(H2,20,21,22);1H. The van der Waals surface area contributed by atoms with Crippen LogP contribution in [0.2, 0.25) is 0 Å². The molecule has 28 heavy (non-hydrogen) atoms. The zero-order chi connectivity index (χ0) is 19.9. The van der Waals surface area contributed by atoms with E-state index in [-0.39, 0.29) is 35.9 Å². The number of rotatable bonds is 9. The molecule has 2 heterocycles. The Hall–Kier alpha value is -1.36. The van der Waals surface area contributed by atoms with Crippen LogP contribution < -0.4 is 16.0 Å². The van der Waals surface area contributed by atoms with Crippen molar-refractivity contribution in [3.63, 3.8) is 0 Å². The maximum Gasteiger partial charge on any atom is 0.325 e. The summed E-state index contributed by atoms with van der Waals surface area (Å²) in [6, 6.07) is 3.98. The van der Waals surface area contributed by atoms with Gasteiger partial charge in [-0.15, -0.1) is 35.3 Å². The second-order valence-electron chi connectivity index (χ2n) is 6.77. The van der Waals surface area contributed by atoms with E-state index in [1.165, 1.54) is 14.7 Å². The first kappa shape index (κ1) is 24.7. The molecule has 1 aromatic heterocycles. The summed E-state index contributed by atoms with van der Waals surface area (Å²) >= 11 is 1.79. The number of hydrogen-bond acceptors (Lipinski definition) is 4. The Morgan fingerprint density at radius 3 is 2.50 bits per heavy atom. The van der Waals surface area contributed by atoms with Crippen molar-refractivity contribution in [1.29, 1.82) is 0 Å². The fourth-order valence-electron chi connectivity index (χ4n) is 2.83. The number of aryl methyl sites for hydroxylation is 1. The van der Waals surface area contributed by atoms with Gasteiger partial charge in [0.05, 0.1) is 6.54 Å². The van der Waals surface area contributed by atoms with Crippen molar-refractivity contribution in [3.8, 4) is 0 Å². The van der Waals surface area contributed by atoms with Gasteiger partial charge >= 0.3 is 6.03 Å². The average Bonchev–Trinajstić information content (AvgIpc) is 3.20. The third kappa shape index (κ3) is 6.33. The number of thiophene rings is 1. The topological polar surface area (TPSA) is 85.8 Å². The number of imide groups is 1. The highest BCUT2D eigenvalue weighted by atomic mass is 127. The number of urea groups is 1. The van der Waals surface area contributed by atoms with Crippen LogP contribution in [-0.2, 0) is 17.8 Å². The number of aliphatic imine (C=N–C) groups is 1. The van der Waals surface area contributed by atoms with Crippen molar-refractivity contribution in [2.75, 3.05) is 19.6 Å². The average molecular weight is 521 g/mol. The van der Waals surface area contributed by atoms with Gasteiger partial charge in [-0.1, -0.05) is 13.8 Å². The number of nitrogens with one attached hydrogen (secondary N) is 3. The molecule has 1 atom stereocenters. The van der Waals surface area contributed by atoms with Gasteiger partial charge < -0.3 is 16.0 Å². The van der Waals surface area contributed by atoms with E-state index in [0.717, 1.165) is 18.9 Å². The van der Waals surface area contributed by atoms with E-state index in [4.69, 9.17) is 0 Å². The van der Waals surface area contributed by atoms with Crippen molar-refractivity contribution in [1.82, 2.24) is 20.9 Å². The van der Waals surface area contributed by atoms with Crippen molar-refractivity contribution in [2.45, 2.75) is 59.0 Å². The molecule has 1 unspecified atom stereocenters. The molecule has 2 rings (SSSR count). The number of nitrogens with zero attached hydrogens (tertiary/aromatic N) is 2. The zero-order valence-electron chi connectivity index (χ0n) is 17.1. The lowest BCUT2D eigenvalue weighted by atomic mass is 9.99. The Morgan fingerprint density at radius 1 is 1.21 bits per heavy atom. The molecular weight excluding hydrogens is 489 g/mol. The molecule has 1 fully saturated rings. The van der Waals surface area contributed by atoms with Crippen LogP contribution >= 0.6 is 35.3 Å². The van der Waals surface area contributed by atoms with Crippen LogP contribution in [0.15, 0.2) is 17.1 Å². The molecule has 0 spiro atoms. The molecule has 3 N–H and O–H groups in total. The Balaban J connectivity index is 0.00000392. The van der Waals surface area contributed by atoms with Gasteiger partial charge in [0.25, 0.3) is 5.91 Å². The summed E-state index contributed by atoms with van der Waals surface area (Å²) < 4.78 is 0. The molecule has 0 aromatic carbocycles. The molecule has 1 saturated heterocycles. The monoisotopic (exact) mass is 521 g/mol. The minimum Gasteiger partial charge on any atom is -0.357 e. The molecule has 158 valence electrons. The summed E-state index contributed by atoms with van der Waals surface area (Å²) in [4.78, 5) is 32.9. The fraction of sp³-hybridized carbons (Fsp3) is 0.632. The predicted molar refractivity (Wildman–Crippen MR) is 125 cm³/mol. The maximum absolute atomic E-state index is 12.4. The molecule has 0 bridgehead atoms. The van der Waals surface area contributed by atoms with Crippen LogP contribution in [0.1, 0.15) is 50.3 Å². The van der Waals surface area contributed by atoms with Crippen molar-refractivity contribution in [2.24, 2.45) is 4.99 Å². The largest absolute Gasteiger partial charge is 0.357 e. The number of halogens is 1. The van der Waals surface area contributed by atoms with Crippen LogP contribution in [0.3, 0.4) is 0 Å². The van der Waals surface area contributed by atoms with E-state index in [2.05, 4.69) is 40.0 Å². The van der Waals surface area contributed by atoms with Gasteiger partial charge in [-0.25, -0.2) is 9.79 Å². The number of hydrogen-bond donors (Lipinski definition) is 3. The normalized spacial score (nSPS) is 19.4. The summed E-state index contributed by atoms with van der Waals surface area (Å²) in [5.41, 5.74) is -0.765.